The fourth-order valence-corrected chi connectivity index (χ4v) is 5.96. The Morgan fingerprint density at radius 1 is 1.11 bits per heavy atom. The number of phenols is 1. The molecule has 2 saturated carbocycles. The van der Waals surface area contributed by atoms with E-state index in [-0.39, 0.29) is 23.0 Å². The molecule has 0 unspecified atom stereocenters. The number of aromatic nitrogens is 5. The van der Waals surface area contributed by atoms with Crippen LogP contribution in [0.3, 0.4) is 0 Å². The molecule has 188 valence electrons. The van der Waals surface area contributed by atoms with Gasteiger partial charge < -0.3 is 19.5 Å². The van der Waals surface area contributed by atoms with E-state index in [2.05, 4.69) is 32.1 Å². The smallest absolute Gasteiger partial charge is 0.278 e. The summed E-state index contributed by atoms with van der Waals surface area (Å²) in [7, 11) is 1.87. The van der Waals surface area contributed by atoms with Gasteiger partial charge in [0.05, 0.1) is 29.7 Å². The number of fused-ring (bicyclic) bond motifs is 3. The van der Waals surface area contributed by atoms with Crippen molar-refractivity contribution in [3.63, 3.8) is 0 Å². The first-order valence-electron chi connectivity index (χ1n) is 12.4. The predicted molar refractivity (Wildman–Crippen MR) is 131 cm³/mol. The summed E-state index contributed by atoms with van der Waals surface area (Å²) in [5.74, 6) is 2.05. The third-order valence-corrected chi connectivity index (χ3v) is 7.91. The molecule has 3 heterocycles. The highest BCUT2D eigenvalue weighted by Crippen LogP contribution is 2.51. The van der Waals surface area contributed by atoms with E-state index in [1.165, 1.54) is 6.42 Å². The molecule has 0 amide bonds. The van der Waals surface area contributed by atoms with Crippen LogP contribution in [0.2, 0.25) is 0 Å². The topological polar surface area (TPSA) is 106 Å². The lowest BCUT2D eigenvalue weighted by atomic mass is 9.60. The number of halogens is 1. The van der Waals surface area contributed by atoms with Gasteiger partial charge in [-0.15, -0.1) is 10.2 Å². The Labute approximate surface area is 208 Å². The molecular formula is C26H29FN6O3. The highest BCUT2D eigenvalue weighted by molar-refractivity contribution is 5.71. The summed E-state index contributed by atoms with van der Waals surface area (Å²) in [5, 5.41) is 19.3. The highest BCUT2D eigenvalue weighted by Gasteiger charge is 2.49. The molecule has 2 fully saturated rings. The van der Waals surface area contributed by atoms with Crippen molar-refractivity contribution in [3.05, 3.63) is 30.6 Å². The number of rotatable bonds is 4. The standard InChI is InChI=1S/C26H29FN6O3/c1-26-7-3-4-15(12-26)10-19(22(26)27)33(2)21-14-28-23(32-31-21)17-6-5-16(11-20(17)34)18-13-29-24-25(30-18)36-9-8-35-24/h5-6,11,13-15,19,22,34H,3-4,7-10,12H2,1-2H3/t15-,19-,22-,26-/m1/s1. The molecule has 0 radical (unpaired) electrons. The number of ether oxygens (including phenoxy) is 2. The van der Waals surface area contributed by atoms with Gasteiger partial charge in [-0.05, 0) is 37.3 Å². The molecule has 1 aromatic carbocycles. The zero-order valence-electron chi connectivity index (χ0n) is 20.4. The fourth-order valence-electron chi connectivity index (χ4n) is 5.96. The van der Waals surface area contributed by atoms with Gasteiger partial charge in [-0.3, -0.25) is 0 Å². The van der Waals surface area contributed by atoms with Crippen LogP contribution in [0.25, 0.3) is 22.6 Å². The highest BCUT2D eigenvalue weighted by atomic mass is 19.1. The van der Waals surface area contributed by atoms with Crippen molar-refractivity contribution in [2.45, 2.75) is 51.2 Å². The lowest BCUT2D eigenvalue weighted by Gasteiger charge is -2.51. The number of hydrogen-bond donors (Lipinski definition) is 1. The zero-order valence-corrected chi connectivity index (χ0v) is 20.4. The lowest BCUT2D eigenvalue weighted by Crippen LogP contribution is -2.54. The van der Waals surface area contributed by atoms with Crippen LogP contribution < -0.4 is 14.4 Å². The second kappa shape index (κ2) is 8.83. The van der Waals surface area contributed by atoms with Crippen LogP contribution in [0.4, 0.5) is 10.2 Å². The van der Waals surface area contributed by atoms with Gasteiger partial charge in [0.1, 0.15) is 25.1 Å². The third kappa shape index (κ3) is 3.98. The van der Waals surface area contributed by atoms with E-state index in [0.29, 0.717) is 53.5 Å². The first-order valence-corrected chi connectivity index (χ1v) is 12.4. The third-order valence-electron chi connectivity index (χ3n) is 7.91. The van der Waals surface area contributed by atoms with Gasteiger partial charge in [0, 0.05) is 18.0 Å². The van der Waals surface area contributed by atoms with Crippen LogP contribution >= 0.6 is 0 Å². The van der Waals surface area contributed by atoms with Crippen LogP contribution in [0.5, 0.6) is 17.5 Å². The van der Waals surface area contributed by atoms with Gasteiger partial charge >= 0.3 is 0 Å². The van der Waals surface area contributed by atoms with Crippen LogP contribution in [0.1, 0.15) is 39.0 Å². The molecule has 36 heavy (non-hydrogen) atoms. The Hall–Kier alpha value is -3.56. The van der Waals surface area contributed by atoms with Gasteiger partial charge in [0.25, 0.3) is 11.8 Å². The molecule has 6 rings (SSSR count). The number of hydrogen-bond acceptors (Lipinski definition) is 9. The molecule has 4 atom stereocenters. The van der Waals surface area contributed by atoms with Crippen LogP contribution in [-0.4, -0.2) is 62.7 Å². The number of nitrogens with zero attached hydrogens (tertiary/aromatic N) is 6. The minimum Gasteiger partial charge on any atom is -0.507 e. The average molecular weight is 493 g/mol. The van der Waals surface area contributed by atoms with Crippen molar-refractivity contribution in [1.29, 1.82) is 0 Å². The summed E-state index contributed by atoms with van der Waals surface area (Å²) in [6.45, 7) is 2.94. The van der Waals surface area contributed by atoms with Crippen LogP contribution in [0.15, 0.2) is 30.6 Å². The van der Waals surface area contributed by atoms with Crippen molar-refractivity contribution in [3.8, 4) is 40.2 Å². The van der Waals surface area contributed by atoms with Gasteiger partial charge in [-0.2, -0.15) is 0 Å². The number of alkyl halides is 1. The Bertz CT molecular complexity index is 1280. The minimum absolute atomic E-state index is 0.0102. The first kappa shape index (κ1) is 22.9. The number of aromatic hydroxyl groups is 1. The Morgan fingerprint density at radius 3 is 2.72 bits per heavy atom. The van der Waals surface area contributed by atoms with E-state index >= 15 is 4.39 Å². The van der Waals surface area contributed by atoms with Crippen LogP contribution in [0, 0.1) is 11.3 Å². The SMILES string of the molecule is CN(c1cnc(-c2ccc(-c3cnc4c(n3)OCCO4)cc2O)nn1)[C@@H]1C[C@H]2CCC[C@](C)(C2)[C@@H]1F. The average Bonchev–Trinajstić information content (AvgIpc) is 2.90. The van der Waals surface area contributed by atoms with E-state index in [1.807, 2.05) is 11.9 Å². The molecule has 0 saturated heterocycles. The molecule has 9 nitrogen and oxygen atoms in total. The van der Waals surface area contributed by atoms with Gasteiger partial charge in [-0.25, -0.2) is 19.3 Å². The maximum absolute atomic E-state index is 15.5. The molecule has 10 heteroatoms. The summed E-state index contributed by atoms with van der Waals surface area (Å²) in [6.07, 6.45) is 7.26. The van der Waals surface area contributed by atoms with E-state index in [1.54, 1.807) is 30.6 Å². The number of anilines is 1. The Kier molecular flexibility index (Phi) is 5.61. The summed E-state index contributed by atoms with van der Waals surface area (Å²) in [6, 6.07) is 4.85. The Morgan fingerprint density at radius 2 is 1.94 bits per heavy atom. The predicted octanol–water partition coefficient (Wildman–Crippen LogP) is 4.22. The largest absolute Gasteiger partial charge is 0.507 e. The van der Waals surface area contributed by atoms with Crippen molar-refractivity contribution < 1.29 is 19.0 Å². The van der Waals surface area contributed by atoms with E-state index in [9.17, 15) is 5.11 Å². The van der Waals surface area contributed by atoms with Crippen molar-refractivity contribution in [1.82, 2.24) is 25.1 Å². The van der Waals surface area contributed by atoms with Gasteiger partial charge in [-0.1, -0.05) is 25.8 Å². The molecule has 1 aliphatic heterocycles. The van der Waals surface area contributed by atoms with Crippen molar-refractivity contribution in [2.75, 3.05) is 25.2 Å². The van der Waals surface area contributed by atoms with E-state index in [4.69, 9.17) is 9.47 Å². The number of phenolic OH excluding ortho intramolecular Hbond substituents is 1. The molecule has 3 aromatic rings. The molecule has 1 N–H and O–H groups in total. The normalized spacial score (nSPS) is 26.9. The van der Waals surface area contributed by atoms with Gasteiger partial charge in [0.15, 0.2) is 11.6 Å². The summed E-state index contributed by atoms with van der Waals surface area (Å²) < 4.78 is 26.5. The monoisotopic (exact) mass is 492 g/mol. The van der Waals surface area contributed by atoms with Crippen molar-refractivity contribution in [2.24, 2.45) is 11.3 Å². The van der Waals surface area contributed by atoms with Crippen molar-refractivity contribution >= 4 is 5.82 Å². The molecule has 0 spiro atoms. The second-order valence-electron chi connectivity index (χ2n) is 10.4. The maximum Gasteiger partial charge on any atom is 0.278 e. The quantitative estimate of drug-likeness (QED) is 0.573. The summed E-state index contributed by atoms with van der Waals surface area (Å²) in [4.78, 5) is 15.0. The minimum atomic E-state index is -0.916. The molecule has 2 aliphatic carbocycles. The van der Waals surface area contributed by atoms with E-state index in [0.717, 1.165) is 25.7 Å². The zero-order chi connectivity index (χ0) is 24.9. The van der Waals surface area contributed by atoms with Crippen LogP contribution in [-0.2, 0) is 0 Å². The molecule has 3 aliphatic rings. The summed E-state index contributed by atoms with van der Waals surface area (Å²) >= 11 is 0. The molecule has 2 aromatic heterocycles. The summed E-state index contributed by atoms with van der Waals surface area (Å²) in [5.41, 5.74) is 1.38. The lowest BCUT2D eigenvalue weighted by molar-refractivity contribution is -0.0109. The Balaban J connectivity index is 1.21. The van der Waals surface area contributed by atoms with E-state index < -0.39 is 6.17 Å². The van der Waals surface area contributed by atoms with Gasteiger partial charge in [0.2, 0.25) is 0 Å². The molecule has 2 bridgehead atoms. The fraction of sp³-hybridized carbons (Fsp3) is 0.500. The molecular weight excluding hydrogens is 463 g/mol. The first-order chi connectivity index (χ1) is 17.4. The number of benzene rings is 1. The second-order valence-corrected chi connectivity index (χ2v) is 10.4. The maximum atomic E-state index is 15.5.